The molecule has 3 aromatic rings. The highest BCUT2D eigenvalue weighted by molar-refractivity contribution is 5.91. The third kappa shape index (κ3) is 3.45. The molecule has 0 bridgehead atoms. The number of benzene rings is 1. The Morgan fingerprint density at radius 2 is 2.15 bits per heavy atom. The Labute approximate surface area is 156 Å². The molecule has 3 heterocycles. The molecule has 0 spiro atoms. The van der Waals surface area contributed by atoms with Crippen LogP contribution in [0, 0.1) is 0 Å². The topological polar surface area (TPSA) is 80.4 Å². The van der Waals surface area contributed by atoms with Crippen LogP contribution in [0.15, 0.2) is 47.2 Å². The Hall–Kier alpha value is -3.09. The van der Waals surface area contributed by atoms with Crippen LogP contribution in [0.5, 0.6) is 0 Å². The zero-order valence-corrected chi connectivity index (χ0v) is 15.2. The molecule has 27 heavy (non-hydrogen) atoms. The number of aromatic nitrogens is 2. The maximum atomic E-state index is 12.8. The Morgan fingerprint density at radius 3 is 3.00 bits per heavy atom. The Bertz CT molecular complexity index is 974. The maximum absolute atomic E-state index is 12.8. The van der Waals surface area contributed by atoms with Gasteiger partial charge in [-0.05, 0) is 25.0 Å². The molecular weight excluding hydrogens is 344 g/mol. The lowest BCUT2D eigenvalue weighted by molar-refractivity contribution is -0.132. The van der Waals surface area contributed by atoms with Crippen molar-refractivity contribution in [3.63, 3.8) is 0 Å². The fourth-order valence-corrected chi connectivity index (χ4v) is 3.63. The van der Waals surface area contributed by atoms with Crippen molar-refractivity contribution in [2.75, 3.05) is 20.1 Å². The molecule has 4 rings (SSSR count). The number of para-hydroxylation sites is 1. The summed E-state index contributed by atoms with van der Waals surface area (Å²) in [5.41, 5.74) is 2.11. The first-order valence-electron chi connectivity index (χ1n) is 9.16. The van der Waals surface area contributed by atoms with Gasteiger partial charge in [0.25, 0.3) is 5.91 Å². The summed E-state index contributed by atoms with van der Waals surface area (Å²) in [6.07, 6.45) is 5.66. The highest BCUT2D eigenvalue weighted by Gasteiger charge is 2.26. The fourth-order valence-electron chi connectivity index (χ4n) is 3.63. The number of carbonyl (C=O) groups excluding carboxylic acids is 2. The van der Waals surface area contributed by atoms with Crippen molar-refractivity contribution >= 4 is 22.8 Å². The summed E-state index contributed by atoms with van der Waals surface area (Å²) in [5, 5.41) is 7.93. The van der Waals surface area contributed by atoms with E-state index in [0.717, 1.165) is 35.9 Å². The van der Waals surface area contributed by atoms with E-state index in [4.69, 9.17) is 4.42 Å². The van der Waals surface area contributed by atoms with Gasteiger partial charge in [-0.2, -0.15) is 5.10 Å². The molecule has 2 amide bonds. The van der Waals surface area contributed by atoms with Crippen LogP contribution in [0.3, 0.4) is 0 Å². The first kappa shape index (κ1) is 17.3. The molecule has 7 nitrogen and oxygen atoms in total. The molecule has 7 heteroatoms. The molecular formula is C20H22N4O3. The lowest BCUT2D eigenvalue weighted by Gasteiger charge is -2.33. The van der Waals surface area contributed by atoms with Crippen LogP contribution in [0.1, 0.15) is 34.9 Å². The second kappa shape index (κ2) is 7.26. The van der Waals surface area contributed by atoms with E-state index in [1.54, 1.807) is 24.1 Å². The molecule has 2 aromatic heterocycles. The molecule has 1 aliphatic rings. The van der Waals surface area contributed by atoms with Gasteiger partial charge in [-0.3, -0.25) is 14.3 Å². The highest BCUT2D eigenvalue weighted by Crippen LogP contribution is 2.24. The van der Waals surface area contributed by atoms with Crippen molar-refractivity contribution in [3.8, 4) is 0 Å². The van der Waals surface area contributed by atoms with Crippen LogP contribution in [0.2, 0.25) is 0 Å². The third-order valence-electron chi connectivity index (χ3n) is 5.09. The third-order valence-corrected chi connectivity index (χ3v) is 5.09. The van der Waals surface area contributed by atoms with Crippen LogP contribution < -0.4 is 5.32 Å². The van der Waals surface area contributed by atoms with Crippen LogP contribution >= 0.6 is 0 Å². The van der Waals surface area contributed by atoms with Crippen molar-refractivity contribution in [3.05, 3.63) is 54.0 Å². The SMILES string of the molecule is CNC(=O)c1ccn(C2CCCN(C(=O)Cc3coc4ccccc34)C2)n1. The number of furan rings is 1. The first-order valence-corrected chi connectivity index (χ1v) is 9.16. The maximum Gasteiger partial charge on any atom is 0.271 e. The van der Waals surface area contributed by atoms with Crippen molar-refractivity contribution in [1.29, 1.82) is 0 Å². The zero-order chi connectivity index (χ0) is 18.8. The first-order chi connectivity index (χ1) is 13.2. The van der Waals surface area contributed by atoms with Gasteiger partial charge >= 0.3 is 0 Å². The highest BCUT2D eigenvalue weighted by atomic mass is 16.3. The van der Waals surface area contributed by atoms with Gasteiger partial charge in [0.05, 0.1) is 18.7 Å². The molecule has 1 aliphatic heterocycles. The standard InChI is InChI=1S/C20H22N4O3/c1-21-20(26)17-8-10-24(22-17)15-5-4-9-23(12-15)19(25)11-14-13-27-18-7-3-2-6-16(14)18/h2-3,6-8,10,13,15H,4-5,9,11-12H2,1H3,(H,21,26). The number of rotatable bonds is 4. The molecule has 1 saturated heterocycles. The van der Waals surface area contributed by atoms with Gasteiger partial charge < -0.3 is 14.6 Å². The van der Waals surface area contributed by atoms with Gasteiger partial charge in [-0.15, -0.1) is 0 Å². The van der Waals surface area contributed by atoms with Crippen molar-refractivity contribution in [2.45, 2.75) is 25.3 Å². The predicted octanol–water partition coefficient (Wildman–Crippen LogP) is 2.40. The van der Waals surface area contributed by atoms with E-state index >= 15 is 0 Å². The molecule has 1 N–H and O–H groups in total. The van der Waals surface area contributed by atoms with Gasteiger partial charge in [0.1, 0.15) is 11.3 Å². The van der Waals surface area contributed by atoms with Crippen molar-refractivity contribution < 1.29 is 14.0 Å². The number of amides is 2. The molecule has 0 saturated carbocycles. The van der Waals surface area contributed by atoms with E-state index < -0.39 is 0 Å². The monoisotopic (exact) mass is 366 g/mol. The summed E-state index contributed by atoms with van der Waals surface area (Å²) in [5.74, 6) is -0.116. The smallest absolute Gasteiger partial charge is 0.271 e. The average Bonchev–Trinajstić information content (AvgIpc) is 3.35. The summed E-state index contributed by atoms with van der Waals surface area (Å²) < 4.78 is 7.34. The number of nitrogens with one attached hydrogen (secondary N) is 1. The minimum Gasteiger partial charge on any atom is -0.464 e. The largest absolute Gasteiger partial charge is 0.464 e. The summed E-state index contributed by atoms with van der Waals surface area (Å²) in [7, 11) is 1.59. The number of likely N-dealkylation sites (tertiary alicyclic amines) is 1. The molecule has 1 fully saturated rings. The predicted molar refractivity (Wildman–Crippen MR) is 100 cm³/mol. The molecule has 140 valence electrons. The van der Waals surface area contributed by atoms with Gasteiger partial charge in [-0.1, -0.05) is 18.2 Å². The van der Waals surface area contributed by atoms with Gasteiger partial charge in [0, 0.05) is 37.3 Å². The number of fused-ring (bicyclic) bond motifs is 1. The quantitative estimate of drug-likeness (QED) is 0.769. The van der Waals surface area contributed by atoms with Crippen molar-refractivity contribution in [1.82, 2.24) is 20.0 Å². The Balaban J connectivity index is 1.45. The van der Waals surface area contributed by atoms with Gasteiger partial charge in [0.2, 0.25) is 5.91 Å². The Morgan fingerprint density at radius 1 is 1.30 bits per heavy atom. The fraction of sp³-hybridized carbons (Fsp3) is 0.350. The normalized spacial score (nSPS) is 17.2. The lowest BCUT2D eigenvalue weighted by atomic mass is 10.0. The number of piperidine rings is 1. The molecule has 0 radical (unpaired) electrons. The summed E-state index contributed by atoms with van der Waals surface area (Å²) >= 11 is 0. The van der Waals surface area contributed by atoms with E-state index in [1.807, 2.05) is 35.4 Å². The van der Waals surface area contributed by atoms with Gasteiger partial charge in [0.15, 0.2) is 0 Å². The number of carbonyl (C=O) groups is 2. The van der Waals surface area contributed by atoms with E-state index in [2.05, 4.69) is 10.4 Å². The number of nitrogens with zero attached hydrogens (tertiary/aromatic N) is 3. The molecule has 0 aliphatic carbocycles. The van der Waals surface area contributed by atoms with E-state index in [1.165, 1.54) is 0 Å². The van der Waals surface area contributed by atoms with Crippen LogP contribution in [0.4, 0.5) is 0 Å². The second-order valence-corrected chi connectivity index (χ2v) is 6.83. The molecule has 1 atom stereocenters. The van der Waals surface area contributed by atoms with Crippen LogP contribution in [0.25, 0.3) is 11.0 Å². The van der Waals surface area contributed by atoms with E-state index in [9.17, 15) is 9.59 Å². The number of hydrogen-bond acceptors (Lipinski definition) is 4. The van der Waals surface area contributed by atoms with Crippen molar-refractivity contribution in [2.24, 2.45) is 0 Å². The van der Waals surface area contributed by atoms with E-state index in [-0.39, 0.29) is 17.9 Å². The minimum absolute atomic E-state index is 0.0854. The summed E-state index contributed by atoms with van der Waals surface area (Å²) in [4.78, 5) is 26.4. The van der Waals surface area contributed by atoms with Crippen LogP contribution in [-0.2, 0) is 11.2 Å². The second-order valence-electron chi connectivity index (χ2n) is 6.83. The average molecular weight is 366 g/mol. The Kier molecular flexibility index (Phi) is 4.66. The minimum atomic E-state index is -0.204. The summed E-state index contributed by atoms with van der Waals surface area (Å²) in [6, 6.07) is 9.54. The van der Waals surface area contributed by atoms with Crippen LogP contribution in [-0.4, -0.2) is 46.6 Å². The number of hydrogen-bond donors (Lipinski definition) is 1. The molecule has 1 aromatic carbocycles. The van der Waals surface area contributed by atoms with E-state index in [0.29, 0.717) is 18.7 Å². The lowest BCUT2D eigenvalue weighted by Crippen LogP contribution is -2.41. The van der Waals surface area contributed by atoms with Gasteiger partial charge in [-0.25, -0.2) is 0 Å². The molecule has 1 unspecified atom stereocenters. The zero-order valence-electron chi connectivity index (χ0n) is 15.2. The summed E-state index contributed by atoms with van der Waals surface area (Å²) in [6.45, 7) is 1.35.